The maximum atomic E-state index is 13.2. The van der Waals surface area contributed by atoms with Crippen LogP contribution in [0, 0.1) is 0 Å². The highest BCUT2D eigenvalue weighted by Gasteiger charge is 2.39. The van der Waals surface area contributed by atoms with E-state index < -0.39 is 0 Å². The lowest BCUT2D eigenvalue weighted by Gasteiger charge is -2.33. The van der Waals surface area contributed by atoms with Gasteiger partial charge in [-0.3, -0.25) is 9.59 Å². The second-order valence-corrected chi connectivity index (χ2v) is 7.28. The molecule has 0 N–H and O–H groups in total. The minimum absolute atomic E-state index is 0.0515. The highest BCUT2D eigenvalue weighted by Crippen LogP contribution is 2.32. The Morgan fingerprint density at radius 2 is 1.48 bits per heavy atom. The fourth-order valence-electron chi connectivity index (χ4n) is 4.08. The smallest absolute Gasteiger partial charge is 0.228 e. The fourth-order valence-corrected chi connectivity index (χ4v) is 4.08. The van der Waals surface area contributed by atoms with Crippen molar-refractivity contribution in [1.29, 1.82) is 0 Å². The van der Waals surface area contributed by atoms with Gasteiger partial charge in [0.15, 0.2) is 0 Å². The van der Waals surface area contributed by atoms with E-state index in [9.17, 15) is 9.59 Å². The summed E-state index contributed by atoms with van der Waals surface area (Å²) in [6, 6.07) is 0. The zero-order valence-electron chi connectivity index (χ0n) is 15.2. The number of carbonyl (C=O) groups excluding carboxylic acids is 2. The van der Waals surface area contributed by atoms with Gasteiger partial charge >= 0.3 is 0 Å². The van der Waals surface area contributed by atoms with Gasteiger partial charge < -0.3 is 19.3 Å². The van der Waals surface area contributed by atoms with Gasteiger partial charge in [0.25, 0.3) is 0 Å². The Labute approximate surface area is 147 Å². The number of fused-ring (bicyclic) bond motifs is 1. The van der Waals surface area contributed by atoms with Gasteiger partial charge in [-0.1, -0.05) is 0 Å². The van der Waals surface area contributed by atoms with Gasteiger partial charge in [0.2, 0.25) is 17.5 Å². The maximum absolute atomic E-state index is 13.2. The molecule has 2 saturated heterocycles. The highest BCUT2D eigenvalue weighted by atomic mass is 16.1. The minimum Gasteiger partial charge on any atom is -0.368 e. The second-order valence-electron chi connectivity index (χ2n) is 7.28. The largest absolute Gasteiger partial charge is 0.368 e. The van der Waals surface area contributed by atoms with Gasteiger partial charge in [-0.25, -0.2) is 4.98 Å². The molecule has 1 aromatic rings. The number of hydrogen-bond donors (Lipinski definition) is 0. The maximum Gasteiger partial charge on any atom is 0.228 e. The van der Waals surface area contributed by atoms with Crippen LogP contribution < -0.4 is 4.90 Å². The van der Waals surface area contributed by atoms with E-state index in [0.717, 1.165) is 58.1 Å². The fraction of sp³-hybridized carbons (Fsp3) is 0.611. The zero-order valence-corrected chi connectivity index (χ0v) is 15.2. The van der Waals surface area contributed by atoms with Crippen LogP contribution in [0.3, 0.4) is 0 Å². The van der Waals surface area contributed by atoms with Gasteiger partial charge in [0.05, 0.1) is 5.70 Å². The quantitative estimate of drug-likeness (QED) is 0.796. The van der Waals surface area contributed by atoms with E-state index in [0.29, 0.717) is 22.7 Å². The molecule has 4 rings (SSSR count). The summed E-state index contributed by atoms with van der Waals surface area (Å²) in [6.07, 6.45) is 2.14. The van der Waals surface area contributed by atoms with Crippen LogP contribution in [0.2, 0.25) is 0 Å². The lowest BCUT2D eigenvalue weighted by Crippen LogP contribution is -2.45. The Morgan fingerprint density at radius 1 is 0.840 bits per heavy atom. The van der Waals surface area contributed by atoms with E-state index in [1.54, 1.807) is 6.92 Å². The van der Waals surface area contributed by atoms with Crippen molar-refractivity contribution in [3.63, 3.8) is 0 Å². The third-order valence-corrected chi connectivity index (χ3v) is 5.62. The number of anilines is 1. The summed E-state index contributed by atoms with van der Waals surface area (Å²) in [5.41, 5.74) is 1.90. The Balaban J connectivity index is 1.73. The summed E-state index contributed by atoms with van der Waals surface area (Å²) < 4.78 is 1.82. The van der Waals surface area contributed by atoms with Crippen LogP contribution in [0.1, 0.15) is 40.7 Å². The Hall–Kier alpha value is -2.15. The van der Waals surface area contributed by atoms with Crippen molar-refractivity contribution >= 4 is 17.5 Å². The van der Waals surface area contributed by atoms with Crippen molar-refractivity contribution in [2.24, 2.45) is 7.05 Å². The molecule has 0 unspecified atom stereocenters. The van der Waals surface area contributed by atoms with E-state index in [1.807, 2.05) is 11.6 Å². The number of rotatable bonds is 2. The molecule has 7 nitrogen and oxygen atoms in total. The van der Waals surface area contributed by atoms with E-state index in [-0.39, 0.29) is 11.6 Å². The molecular weight excluding hydrogens is 318 g/mol. The molecule has 25 heavy (non-hydrogen) atoms. The summed E-state index contributed by atoms with van der Waals surface area (Å²) in [4.78, 5) is 37.2. The van der Waals surface area contributed by atoms with Crippen LogP contribution in [0.5, 0.6) is 0 Å². The minimum atomic E-state index is -0.104. The van der Waals surface area contributed by atoms with Crippen LogP contribution in [-0.2, 0) is 7.05 Å². The molecular formula is C18H25N5O2. The molecule has 0 radical (unpaired) electrons. The Morgan fingerprint density at radius 3 is 2.12 bits per heavy atom. The lowest BCUT2D eigenvalue weighted by atomic mass is 9.94. The van der Waals surface area contributed by atoms with Gasteiger partial charge in [-0.15, -0.1) is 0 Å². The molecule has 0 amide bonds. The molecule has 0 spiro atoms. The summed E-state index contributed by atoms with van der Waals surface area (Å²) in [7, 11) is 3.95. The number of nitrogens with zero attached hydrogens (tertiary/aromatic N) is 5. The van der Waals surface area contributed by atoms with Crippen molar-refractivity contribution < 1.29 is 9.59 Å². The number of allylic oxidation sites excluding steroid dienone is 2. The molecule has 0 aromatic carbocycles. The SMILES string of the molecule is CC1=C(N2CCCC2)C(=O)c2c(nc(N3CCN(C)CC3)n2C)C1=O. The van der Waals surface area contributed by atoms with Crippen LogP contribution in [-0.4, -0.2) is 77.2 Å². The third kappa shape index (κ3) is 2.49. The molecule has 134 valence electrons. The Bertz CT molecular complexity index is 765. The van der Waals surface area contributed by atoms with Crippen LogP contribution in [0.25, 0.3) is 0 Å². The average Bonchev–Trinajstić information content (AvgIpc) is 3.22. The predicted octanol–water partition coefficient (Wildman–Crippen LogP) is 0.921. The molecule has 0 bridgehead atoms. The van der Waals surface area contributed by atoms with Crippen LogP contribution in [0.4, 0.5) is 5.95 Å². The summed E-state index contributed by atoms with van der Waals surface area (Å²) >= 11 is 0. The van der Waals surface area contributed by atoms with Crippen LogP contribution in [0.15, 0.2) is 11.3 Å². The van der Waals surface area contributed by atoms with Crippen LogP contribution >= 0.6 is 0 Å². The number of hydrogen-bond acceptors (Lipinski definition) is 6. The first-order chi connectivity index (χ1) is 12.0. The molecule has 1 aliphatic carbocycles. The van der Waals surface area contributed by atoms with Gasteiger partial charge in [0, 0.05) is 51.9 Å². The molecule has 2 aliphatic heterocycles. The number of piperazine rings is 1. The lowest BCUT2D eigenvalue weighted by molar-refractivity contribution is 0.0939. The number of ketones is 2. The second kappa shape index (κ2) is 5.98. The first-order valence-electron chi connectivity index (χ1n) is 9.04. The normalized spacial score (nSPS) is 22.2. The van der Waals surface area contributed by atoms with Crippen molar-refractivity contribution in [3.05, 3.63) is 22.7 Å². The van der Waals surface area contributed by atoms with Gasteiger partial charge in [0.1, 0.15) is 11.4 Å². The number of likely N-dealkylation sites (tertiary alicyclic amines) is 1. The van der Waals surface area contributed by atoms with E-state index >= 15 is 0 Å². The monoisotopic (exact) mass is 343 g/mol. The summed E-state index contributed by atoms with van der Waals surface area (Å²) in [5.74, 6) is 0.576. The first-order valence-corrected chi connectivity index (χ1v) is 9.04. The van der Waals surface area contributed by atoms with Crippen molar-refractivity contribution in [2.45, 2.75) is 19.8 Å². The van der Waals surface area contributed by atoms with Crippen molar-refractivity contribution in [3.8, 4) is 0 Å². The standard InChI is InChI=1S/C18H25N5O2/c1-12-14(22-6-4-5-7-22)17(25)15-13(16(12)24)19-18(21(15)3)23-10-8-20(2)9-11-23/h4-11H2,1-3H3. The molecule has 1 aromatic heterocycles. The van der Waals surface area contributed by atoms with Crippen molar-refractivity contribution in [1.82, 2.24) is 19.4 Å². The van der Waals surface area contributed by atoms with Crippen molar-refractivity contribution in [2.75, 3.05) is 51.2 Å². The molecule has 0 saturated carbocycles. The zero-order chi connectivity index (χ0) is 17.7. The Kier molecular flexibility index (Phi) is 3.91. The first kappa shape index (κ1) is 16.3. The topological polar surface area (TPSA) is 61.7 Å². The number of likely N-dealkylation sites (N-methyl/N-ethyl adjacent to an activating group) is 1. The van der Waals surface area contributed by atoms with Gasteiger partial charge in [-0.2, -0.15) is 0 Å². The number of imidazole rings is 1. The van der Waals surface area contributed by atoms with E-state index in [1.165, 1.54) is 0 Å². The van der Waals surface area contributed by atoms with E-state index in [2.05, 4.69) is 26.7 Å². The molecule has 2 fully saturated rings. The third-order valence-electron chi connectivity index (χ3n) is 5.62. The molecule has 0 atom stereocenters. The summed E-state index contributed by atoms with van der Waals surface area (Å²) in [5, 5.41) is 0. The summed E-state index contributed by atoms with van der Waals surface area (Å²) in [6.45, 7) is 7.09. The molecule has 3 aliphatic rings. The number of aromatic nitrogens is 2. The number of Topliss-reactive ketones (excluding diaryl/α,β-unsaturated/α-hetero) is 2. The molecule has 3 heterocycles. The number of carbonyl (C=O) groups is 2. The predicted molar refractivity (Wildman–Crippen MR) is 95.1 cm³/mol. The average molecular weight is 343 g/mol. The molecule has 7 heteroatoms. The van der Waals surface area contributed by atoms with E-state index in [4.69, 9.17) is 0 Å². The highest BCUT2D eigenvalue weighted by molar-refractivity contribution is 6.25. The van der Waals surface area contributed by atoms with Gasteiger partial charge in [-0.05, 0) is 26.8 Å².